The van der Waals surface area contributed by atoms with E-state index in [1.54, 1.807) is 18.4 Å². The minimum atomic E-state index is -0.371. The van der Waals surface area contributed by atoms with Crippen molar-refractivity contribution in [3.63, 3.8) is 0 Å². The highest BCUT2D eigenvalue weighted by atomic mass is 19.1. The van der Waals surface area contributed by atoms with Crippen LogP contribution in [0.15, 0.2) is 41.0 Å². The van der Waals surface area contributed by atoms with Gasteiger partial charge >= 0.3 is 0 Å². The molecule has 0 aliphatic heterocycles. The molecule has 0 radical (unpaired) electrons. The van der Waals surface area contributed by atoms with Gasteiger partial charge in [-0.05, 0) is 36.8 Å². The van der Waals surface area contributed by atoms with Gasteiger partial charge < -0.3 is 15.1 Å². The normalized spacial score (nSPS) is 11.9. The molecule has 106 valence electrons. The van der Waals surface area contributed by atoms with Crippen LogP contribution in [0.2, 0.25) is 0 Å². The molecule has 0 aliphatic rings. The van der Waals surface area contributed by atoms with Gasteiger partial charge in [0.25, 0.3) is 0 Å². The predicted molar refractivity (Wildman–Crippen MR) is 76.1 cm³/mol. The van der Waals surface area contributed by atoms with Gasteiger partial charge in [-0.3, -0.25) is 4.79 Å². The van der Waals surface area contributed by atoms with Crippen LogP contribution in [-0.2, 0) is 4.79 Å². The van der Waals surface area contributed by atoms with E-state index in [0.29, 0.717) is 11.4 Å². The van der Waals surface area contributed by atoms with E-state index >= 15 is 0 Å². The fraction of sp³-hybridized carbons (Fsp3) is 0.267. The van der Waals surface area contributed by atoms with Gasteiger partial charge in [-0.1, -0.05) is 6.92 Å². The molecule has 1 heterocycles. The van der Waals surface area contributed by atoms with E-state index in [1.165, 1.54) is 19.1 Å². The largest absolute Gasteiger partial charge is 0.467 e. The number of anilines is 2. The molecule has 0 aliphatic carbocycles. The molecule has 1 atom stereocenters. The molecule has 2 aromatic rings. The zero-order valence-electron chi connectivity index (χ0n) is 11.4. The number of carbonyl (C=O) groups excluding carboxylic acids is 1. The van der Waals surface area contributed by atoms with E-state index in [0.717, 1.165) is 12.2 Å². The number of halogens is 1. The van der Waals surface area contributed by atoms with Crippen molar-refractivity contribution in [1.82, 2.24) is 0 Å². The summed E-state index contributed by atoms with van der Waals surface area (Å²) in [7, 11) is 0. The van der Waals surface area contributed by atoms with E-state index in [-0.39, 0.29) is 17.8 Å². The average Bonchev–Trinajstić information content (AvgIpc) is 2.92. The maximum absolute atomic E-state index is 13.8. The summed E-state index contributed by atoms with van der Waals surface area (Å²) >= 11 is 0. The molecule has 0 saturated carbocycles. The zero-order valence-corrected chi connectivity index (χ0v) is 11.4. The predicted octanol–water partition coefficient (Wildman–Crippen LogP) is 3.94. The summed E-state index contributed by atoms with van der Waals surface area (Å²) < 4.78 is 19.2. The number of amides is 1. The lowest BCUT2D eigenvalue weighted by Crippen LogP contribution is -2.11. The highest BCUT2D eigenvalue weighted by Crippen LogP contribution is 2.26. The Morgan fingerprint density at radius 1 is 1.40 bits per heavy atom. The van der Waals surface area contributed by atoms with Crippen molar-refractivity contribution in [3.05, 3.63) is 48.2 Å². The molecule has 5 heteroatoms. The Kier molecular flexibility index (Phi) is 4.40. The average molecular weight is 276 g/mol. The van der Waals surface area contributed by atoms with Crippen LogP contribution in [0.25, 0.3) is 0 Å². The smallest absolute Gasteiger partial charge is 0.221 e. The summed E-state index contributed by atoms with van der Waals surface area (Å²) in [5.74, 6) is 0.182. The molecule has 0 spiro atoms. The fourth-order valence-electron chi connectivity index (χ4n) is 1.97. The van der Waals surface area contributed by atoms with Crippen LogP contribution in [-0.4, -0.2) is 5.91 Å². The number of furan rings is 1. The Morgan fingerprint density at radius 2 is 2.20 bits per heavy atom. The van der Waals surface area contributed by atoms with Gasteiger partial charge in [-0.15, -0.1) is 0 Å². The third-order valence-corrected chi connectivity index (χ3v) is 2.91. The fourth-order valence-corrected chi connectivity index (χ4v) is 1.97. The van der Waals surface area contributed by atoms with Gasteiger partial charge in [0.15, 0.2) is 0 Å². The van der Waals surface area contributed by atoms with Gasteiger partial charge in [-0.25, -0.2) is 4.39 Å². The van der Waals surface area contributed by atoms with Crippen molar-refractivity contribution < 1.29 is 13.6 Å². The van der Waals surface area contributed by atoms with Crippen LogP contribution in [0, 0.1) is 5.82 Å². The molecule has 0 fully saturated rings. The molecule has 1 aromatic heterocycles. The Bertz CT molecular complexity index is 582. The standard InChI is InChI=1S/C15H17FN2O2/c1-3-13(15-5-4-8-20-15)18-14-9-11(17-10(2)19)6-7-12(14)16/h4-9,13,18H,3H2,1-2H3,(H,17,19). The second-order valence-electron chi connectivity index (χ2n) is 4.50. The van der Waals surface area contributed by atoms with Crippen LogP contribution in [0.5, 0.6) is 0 Å². The molecule has 0 saturated heterocycles. The quantitative estimate of drug-likeness (QED) is 0.869. The number of rotatable bonds is 5. The van der Waals surface area contributed by atoms with E-state index in [4.69, 9.17) is 4.42 Å². The topological polar surface area (TPSA) is 54.3 Å². The first kappa shape index (κ1) is 14.1. The maximum atomic E-state index is 13.8. The lowest BCUT2D eigenvalue weighted by atomic mass is 10.1. The van der Waals surface area contributed by atoms with Crippen molar-refractivity contribution in [3.8, 4) is 0 Å². The van der Waals surface area contributed by atoms with Crippen molar-refractivity contribution in [2.75, 3.05) is 10.6 Å². The van der Waals surface area contributed by atoms with Gasteiger partial charge in [-0.2, -0.15) is 0 Å². The van der Waals surface area contributed by atoms with Crippen molar-refractivity contribution in [2.45, 2.75) is 26.3 Å². The molecular formula is C15H17FN2O2. The van der Waals surface area contributed by atoms with Gasteiger partial charge in [0.2, 0.25) is 5.91 Å². The molecule has 20 heavy (non-hydrogen) atoms. The minimum Gasteiger partial charge on any atom is -0.467 e. The number of benzene rings is 1. The second kappa shape index (κ2) is 6.23. The van der Waals surface area contributed by atoms with Crippen molar-refractivity contribution >= 4 is 17.3 Å². The SMILES string of the molecule is CCC(Nc1cc(NC(C)=O)ccc1F)c1ccco1. The van der Waals surface area contributed by atoms with Crippen LogP contribution in [0.1, 0.15) is 32.1 Å². The summed E-state index contributed by atoms with van der Waals surface area (Å²) in [4.78, 5) is 11.0. The molecular weight excluding hydrogens is 259 g/mol. The Labute approximate surface area is 117 Å². The monoisotopic (exact) mass is 276 g/mol. The first-order valence-electron chi connectivity index (χ1n) is 6.47. The summed E-state index contributed by atoms with van der Waals surface area (Å²) in [6.45, 7) is 3.39. The summed E-state index contributed by atoms with van der Waals surface area (Å²) in [5, 5.41) is 5.72. The lowest BCUT2D eigenvalue weighted by Gasteiger charge is -2.17. The third-order valence-electron chi connectivity index (χ3n) is 2.91. The number of hydrogen-bond acceptors (Lipinski definition) is 3. The molecule has 4 nitrogen and oxygen atoms in total. The molecule has 0 bridgehead atoms. The lowest BCUT2D eigenvalue weighted by molar-refractivity contribution is -0.114. The van der Waals surface area contributed by atoms with Crippen LogP contribution in [0.4, 0.5) is 15.8 Å². The highest BCUT2D eigenvalue weighted by Gasteiger charge is 2.14. The molecule has 1 aromatic carbocycles. The molecule has 2 N–H and O–H groups in total. The third kappa shape index (κ3) is 3.38. The van der Waals surface area contributed by atoms with E-state index < -0.39 is 0 Å². The highest BCUT2D eigenvalue weighted by molar-refractivity contribution is 5.89. The summed E-state index contributed by atoms with van der Waals surface area (Å²) in [5.41, 5.74) is 0.884. The van der Waals surface area contributed by atoms with Crippen LogP contribution >= 0.6 is 0 Å². The van der Waals surface area contributed by atoms with E-state index in [2.05, 4.69) is 10.6 Å². The van der Waals surface area contributed by atoms with E-state index in [9.17, 15) is 9.18 Å². The van der Waals surface area contributed by atoms with Gasteiger partial charge in [0.05, 0.1) is 18.0 Å². The van der Waals surface area contributed by atoms with Crippen LogP contribution in [0.3, 0.4) is 0 Å². The molecule has 1 amide bonds. The number of nitrogens with one attached hydrogen (secondary N) is 2. The second-order valence-corrected chi connectivity index (χ2v) is 4.50. The Morgan fingerprint density at radius 3 is 2.80 bits per heavy atom. The minimum absolute atomic E-state index is 0.118. The Balaban J connectivity index is 2.20. The summed E-state index contributed by atoms with van der Waals surface area (Å²) in [6.07, 6.45) is 2.33. The Hall–Kier alpha value is -2.30. The first-order chi connectivity index (χ1) is 9.60. The van der Waals surface area contributed by atoms with Crippen molar-refractivity contribution in [2.24, 2.45) is 0 Å². The number of hydrogen-bond donors (Lipinski definition) is 2. The molecule has 1 unspecified atom stereocenters. The van der Waals surface area contributed by atoms with E-state index in [1.807, 2.05) is 13.0 Å². The summed E-state index contributed by atoms with van der Waals surface area (Å²) in [6, 6.07) is 7.94. The first-order valence-corrected chi connectivity index (χ1v) is 6.47. The van der Waals surface area contributed by atoms with Gasteiger partial charge in [0.1, 0.15) is 11.6 Å². The van der Waals surface area contributed by atoms with Crippen molar-refractivity contribution in [1.29, 1.82) is 0 Å². The van der Waals surface area contributed by atoms with Gasteiger partial charge in [0, 0.05) is 12.6 Å². The maximum Gasteiger partial charge on any atom is 0.221 e. The van der Waals surface area contributed by atoms with Crippen LogP contribution < -0.4 is 10.6 Å². The zero-order chi connectivity index (χ0) is 14.5. The molecule has 2 rings (SSSR count). The number of carbonyl (C=O) groups is 1.